The highest BCUT2D eigenvalue weighted by Crippen LogP contribution is 2.34. The number of hydrogen-bond donors (Lipinski definition) is 0. The topological polar surface area (TPSA) is 39.5 Å². The largest absolute Gasteiger partial charge is 0.494 e. The Morgan fingerprint density at radius 2 is 1.82 bits per heavy atom. The summed E-state index contributed by atoms with van der Waals surface area (Å²) in [6.07, 6.45) is 1.70. The lowest BCUT2D eigenvalue weighted by Gasteiger charge is -2.23. The Kier molecular flexibility index (Phi) is 4.84. The maximum Gasteiger partial charge on any atom is 0.119 e. The lowest BCUT2D eigenvalue weighted by molar-refractivity contribution is 0.313. The summed E-state index contributed by atoms with van der Waals surface area (Å²) in [7, 11) is 0. The lowest BCUT2D eigenvalue weighted by Crippen LogP contribution is -2.29. The monoisotopic (exact) mass is 299 g/mol. The fourth-order valence-corrected chi connectivity index (χ4v) is 3.79. The predicted octanol–water partition coefficient (Wildman–Crippen LogP) is 2.76. The molecule has 2 atom stereocenters. The van der Waals surface area contributed by atoms with Crippen LogP contribution >= 0.6 is 0 Å². The summed E-state index contributed by atoms with van der Waals surface area (Å²) in [6, 6.07) is 10.7. The van der Waals surface area contributed by atoms with Crippen LogP contribution in [0.2, 0.25) is 0 Å². The number of likely N-dealkylation sites (tertiary alicyclic amines) is 1. The van der Waals surface area contributed by atoms with Crippen LogP contribution in [0.5, 0.6) is 5.75 Å². The Bertz CT molecular complexity index is 508. The number of benzene rings is 1. The molecule has 1 aromatic rings. The molecular formula is C18H25N3O. The van der Waals surface area contributed by atoms with E-state index in [2.05, 4.69) is 40.1 Å². The minimum atomic E-state index is 0.685. The third-order valence-electron chi connectivity index (χ3n) is 4.84. The molecule has 4 heteroatoms. The maximum atomic E-state index is 8.63. The van der Waals surface area contributed by atoms with Crippen molar-refractivity contribution < 1.29 is 4.74 Å². The van der Waals surface area contributed by atoms with E-state index in [1.165, 1.54) is 18.8 Å². The van der Waals surface area contributed by atoms with E-state index in [0.29, 0.717) is 6.42 Å². The van der Waals surface area contributed by atoms with Gasteiger partial charge in [-0.3, -0.25) is 0 Å². The van der Waals surface area contributed by atoms with Gasteiger partial charge in [0, 0.05) is 38.3 Å². The van der Waals surface area contributed by atoms with E-state index >= 15 is 0 Å². The van der Waals surface area contributed by atoms with Crippen molar-refractivity contribution in [2.75, 3.05) is 44.2 Å². The Morgan fingerprint density at radius 1 is 1.14 bits per heavy atom. The summed E-state index contributed by atoms with van der Waals surface area (Å²) in [4.78, 5) is 5.06. The fourth-order valence-electron chi connectivity index (χ4n) is 3.79. The van der Waals surface area contributed by atoms with E-state index in [0.717, 1.165) is 50.2 Å². The Hall–Kier alpha value is -1.73. The summed E-state index contributed by atoms with van der Waals surface area (Å²) in [5.74, 6) is 2.52. The number of unbranched alkanes of at least 4 members (excludes halogenated alkanes) is 1. The zero-order valence-electron chi connectivity index (χ0n) is 13.4. The van der Waals surface area contributed by atoms with Crippen molar-refractivity contribution in [3.05, 3.63) is 24.3 Å². The molecule has 0 amide bonds. The molecule has 2 aliphatic rings. The molecule has 2 saturated heterocycles. The minimum Gasteiger partial charge on any atom is -0.494 e. The van der Waals surface area contributed by atoms with E-state index in [1.54, 1.807) is 0 Å². The molecule has 0 saturated carbocycles. The summed E-state index contributed by atoms with van der Waals surface area (Å²) in [5, 5.41) is 8.63. The van der Waals surface area contributed by atoms with Crippen LogP contribution in [0, 0.1) is 23.2 Å². The molecule has 0 N–H and O–H groups in total. The van der Waals surface area contributed by atoms with E-state index < -0.39 is 0 Å². The number of anilines is 1. The SMILES string of the molecule is CCOc1ccc(N2C[C@H]3CN(CCCC#N)C[C@H]3C2)cc1. The molecule has 4 nitrogen and oxygen atoms in total. The molecule has 0 aromatic heterocycles. The highest BCUT2D eigenvalue weighted by molar-refractivity contribution is 5.50. The number of ether oxygens (including phenoxy) is 1. The first kappa shape index (κ1) is 15.2. The van der Waals surface area contributed by atoms with Crippen LogP contribution in [0.1, 0.15) is 19.8 Å². The molecule has 0 bridgehead atoms. The molecule has 22 heavy (non-hydrogen) atoms. The zero-order chi connectivity index (χ0) is 15.4. The van der Waals surface area contributed by atoms with Crippen LogP contribution in [0.25, 0.3) is 0 Å². The van der Waals surface area contributed by atoms with Gasteiger partial charge in [-0.2, -0.15) is 5.26 Å². The first-order valence-corrected chi connectivity index (χ1v) is 8.37. The summed E-state index contributed by atoms with van der Waals surface area (Å²) < 4.78 is 5.51. The molecule has 118 valence electrons. The lowest BCUT2D eigenvalue weighted by atomic mass is 10.0. The molecule has 2 fully saturated rings. The van der Waals surface area contributed by atoms with Crippen LogP contribution in [0.3, 0.4) is 0 Å². The Morgan fingerprint density at radius 3 is 2.41 bits per heavy atom. The van der Waals surface area contributed by atoms with Gasteiger partial charge in [-0.15, -0.1) is 0 Å². The third kappa shape index (κ3) is 3.36. The highest BCUT2D eigenvalue weighted by atomic mass is 16.5. The van der Waals surface area contributed by atoms with Crippen LogP contribution < -0.4 is 9.64 Å². The molecule has 0 unspecified atom stereocenters. The fraction of sp³-hybridized carbons (Fsp3) is 0.611. The number of rotatable bonds is 6. The first-order chi connectivity index (χ1) is 10.8. The quantitative estimate of drug-likeness (QED) is 0.757. The molecule has 1 aromatic carbocycles. The van der Waals surface area contributed by atoms with Crippen LogP contribution in [0.4, 0.5) is 5.69 Å². The number of fused-ring (bicyclic) bond motifs is 1. The second kappa shape index (κ2) is 7.02. The first-order valence-electron chi connectivity index (χ1n) is 8.37. The van der Waals surface area contributed by atoms with Crippen molar-refractivity contribution in [1.82, 2.24) is 4.90 Å². The van der Waals surface area contributed by atoms with Crippen molar-refractivity contribution in [1.29, 1.82) is 5.26 Å². The number of nitrogens with zero attached hydrogens (tertiary/aromatic N) is 3. The average molecular weight is 299 g/mol. The van der Waals surface area contributed by atoms with Crippen LogP contribution in [-0.2, 0) is 0 Å². The maximum absolute atomic E-state index is 8.63. The zero-order valence-corrected chi connectivity index (χ0v) is 13.4. The van der Waals surface area contributed by atoms with Crippen molar-refractivity contribution in [3.8, 4) is 11.8 Å². The summed E-state index contributed by atoms with van der Waals surface area (Å²) in [5.41, 5.74) is 1.31. The molecule has 2 heterocycles. The molecule has 3 rings (SSSR count). The van der Waals surface area contributed by atoms with E-state index in [9.17, 15) is 0 Å². The minimum absolute atomic E-state index is 0.685. The molecule has 0 aliphatic carbocycles. The third-order valence-corrected chi connectivity index (χ3v) is 4.84. The van der Waals surface area contributed by atoms with E-state index in [1.807, 2.05) is 6.92 Å². The van der Waals surface area contributed by atoms with Gasteiger partial charge in [-0.05, 0) is 56.0 Å². The number of nitriles is 1. The molecule has 2 aliphatic heterocycles. The van der Waals surface area contributed by atoms with Gasteiger partial charge in [0.2, 0.25) is 0 Å². The number of hydrogen-bond acceptors (Lipinski definition) is 4. The second-order valence-corrected chi connectivity index (χ2v) is 6.37. The van der Waals surface area contributed by atoms with Gasteiger partial charge in [0.15, 0.2) is 0 Å². The van der Waals surface area contributed by atoms with Crippen molar-refractivity contribution in [3.63, 3.8) is 0 Å². The van der Waals surface area contributed by atoms with Gasteiger partial charge in [0.1, 0.15) is 5.75 Å². The highest BCUT2D eigenvalue weighted by Gasteiger charge is 2.39. The standard InChI is InChI=1S/C18H25N3O/c1-2-22-18-7-5-17(6-8-18)21-13-15-11-20(10-4-3-9-19)12-16(15)14-21/h5-8,15-16H,2-4,10-14H2,1H3/t15-,16+. The van der Waals surface area contributed by atoms with Gasteiger partial charge in [-0.1, -0.05) is 0 Å². The summed E-state index contributed by atoms with van der Waals surface area (Å²) in [6.45, 7) is 8.53. The van der Waals surface area contributed by atoms with Crippen LogP contribution in [-0.4, -0.2) is 44.2 Å². The van der Waals surface area contributed by atoms with Gasteiger partial charge in [0.25, 0.3) is 0 Å². The summed E-state index contributed by atoms with van der Waals surface area (Å²) >= 11 is 0. The van der Waals surface area contributed by atoms with Gasteiger partial charge >= 0.3 is 0 Å². The van der Waals surface area contributed by atoms with Crippen molar-refractivity contribution in [2.24, 2.45) is 11.8 Å². The van der Waals surface area contributed by atoms with Crippen LogP contribution in [0.15, 0.2) is 24.3 Å². The van der Waals surface area contributed by atoms with E-state index in [-0.39, 0.29) is 0 Å². The van der Waals surface area contributed by atoms with Gasteiger partial charge < -0.3 is 14.5 Å². The normalized spacial score (nSPS) is 24.3. The smallest absolute Gasteiger partial charge is 0.119 e. The van der Waals surface area contributed by atoms with E-state index in [4.69, 9.17) is 10.00 Å². The average Bonchev–Trinajstić information content (AvgIpc) is 3.07. The Labute approximate surface area is 133 Å². The predicted molar refractivity (Wildman–Crippen MR) is 88.1 cm³/mol. The van der Waals surface area contributed by atoms with Crippen molar-refractivity contribution >= 4 is 5.69 Å². The van der Waals surface area contributed by atoms with Crippen molar-refractivity contribution in [2.45, 2.75) is 19.8 Å². The van der Waals surface area contributed by atoms with Gasteiger partial charge in [0.05, 0.1) is 12.7 Å². The second-order valence-electron chi connectivity index (χ2n) is 6.37. The molecule has 0 spiro atoms. The molecule has 0 radical (unpaired) electrons. The van der Waals surface area contributed by atoms with Gasteiger partial charge in [-0.25, -0.2) is 0 Å². The Balaban J connectivity index is 1.51. The molecular weight excluding hydrogens is 274 g/mol.